The lowest BCUT2D eigenvalue weighted by Gasteiger charge is -2.09. The molecule has 0 bridgehead atoms. The molecule has 8 heteroatoms. The van der Waals surface area contributed by atoms with Gasteiger partial charge in [0.1, 0.15) is 5.69 Å². The molecule has 4 rings (SSSR count). The van der Waals surface area contributed by atoms with E-state index in [1.54, 1.807) is 24.4 Å². The number of hydrogen-bond donors (Lipinski definition) is 3. The van der Waals surface area contributed by atoms with Gasteiger partial charge in [0.15, 0.2) is 5.88 Å². The number of carbonyl (C=O) groups excluding carboxylic acids is 1. The number of aromatic amines is 1. The Morgan fingerprint density at radius 2 is 2.23 bits per heavy atom. The predicted octanol–water partition coefficient (Wildman–Crippen LogP) is 4.22. The van der Waals surface area contributed by atoms with Crippen LogP contribution >= 0.6 is 0 Å². The zero-order valence-electron chi connectivity index (χ0n) is 17.9. The van der Waals surface area contributed by atoms with Crippen LogP contribution in [0.3, 0.4) is 0 Å². The van der Waals surface area contributed by atoms with Crippen LogP contribution in [0.4, 0.5) is 5.69 Å². The molecule has 0 aliphatic heterocycles. The molecule has 1 aliphatic rings. The molecule has 3 N–H and O–H groups in total. The van der Waals surface area contributed by atoms with Crippen molar-refractivity contribution in [1.29, 1.82) is 5.26 Å². The fourth-order valence-corrected chi connectivity index (χ4v) is 3.58. The van der Waals surface area contributed by atoms with Gasteiger partial charge in [-0.25, -0.2) is 4.99 Å². The lowest BCUT2D eigenvalue weighted by Crippen LogP contribution is -2.29. The molecule has 0 atom stereocenters. The quantitative estimate of drug-likeness (QED) is 0.498. The van der Waals surface area contributed by atoms with E-state index < -0.39 is 5.41 Å². The maximum absolute atomic E-state index is 12.7. The summed E-state index contributed by atoms with van der Waals surface area (Å²) in [5, 5.41) is 27.7. The van der Waals surface area contributed by atoms with Crippen LogP contribution < -0.4 is 5.32 Å². The third-order valence-corrected chi connectivity index (χ3v) is 5.72. The number of nitrogens with zero attached hydrogens (tertiary/aromatic N) is 4. The second-order valence-corrected chi connectivity index (χ2v) is 8.37. The lowest BCUT2D eigenvalue weighted by molar-refractivity contribution is 0.0948. The molecule has 1 fully saturated rings. The Labute approximate surface area is 180 Å². The van der Waals surface area contributed by atoms with Gasteiger partial charge in [0.05, 0.1) is 35.2 Å². The number of aromatic nitrogens is 3. The fraction of sp³-hybridized carbons (Fsp3) is 0.391. The van der Waals surface area contributed by atoms with Gasteiger partial charge in [0.2, 0.25) is 0 Å². The Morgan fingerprint density at radius 1 is 1.45 bits per heavy atom. The molecular formula is C23H26N6O2. The van der Waals surface area contributed by atoms with E-state index in [2.05, 4.69) is 21.5 Å². The summed E-state index contributed by atoms with van der Waals surface area (Å²) in [6.45, 7) is 6.41. The Bertz CT molecular complexity index is 1210. The number of benzene rings is 1. The van der Waals surface area contributed by atoms with E-state index in [-0.39, 0.29) is 17.8 Å². The molecule has 1 amide bonds. The summed E-state index contributed by atoms with van der Waals surface area (Å²) in [4.78, 5) is 20.3. The van der Waals surface area contributed by atoms with E-state index in [0.29, 0.717) is 35.5 Å². The molecule has 31 heavy (non-hydrogen) atoms. The molecule has 3 aromatic rings. The molecule has 0 spiro atoms. The monoisotopic (exact) mass is 418 g/mol. The number of carbonyl (C=O) groups is 1. The maximum Gasteiger partial charge on any atom is 0.251 e. The molecule has 0 saturated heterocycles. The van der Waals surface area contributed by atoms with Gasteiger partial charge in [-0.1, -0.05) is 6.92 Å². The number of nitriles is 1. The van der Waals surface area contributed by atoms with Gasteiger partial charge in [-0.3, -0.25) is 9.48 Å². The zero-order valence-corrected chi connectivity index (χ0v) is 17.9. The van der Waals surface area contributed by atoms with Gasteiger partial charge in [-0.2, -0.15) is 10.4 Å². The van der Waals surface area contributed by atoms with Crippen LogP contribution in [0.5, 0.6) is 5.88 Å². The second kappa shape index (κ2) is 7.91. The van der Waals surface area contributed by atoms with Crippen molar-refractivity contribution in [3.8, 4) is 11.9 Å². The van der Waals surface area contributed by atoms with E-state index in [9.17, 15) is 15.2 Å². The van der Waals surface area contributed by atoms with Crippen molar-refractivity contribution in [3.05, 3.63) is 41.7 Å². The van der Waals surface area contributed by atoms with Crippen LogP contribution in [0, 0.1) is 16.7 Å². The second-order valence-electron chi connectivity index (χ2n) is 8.37. The van der Waals surface area contributed by atoms with Crippen molar-refractivity contribution in [2.24, 2.45) is 10.4 Å². The third-order valence-electron chi connectivity index (χ3n) is 5.72. The number of nitrogens with one attached hydrogen (secondary N) is 2. The first-order chi connectivity index (χ1) is 14.9. The molecule has 1 saturated carbocycles. The van der Waals surface area contributed by atoms with Crippen molar-refractivity contribution in [3.63, 3.8) is 0 Å². The van der Waals surface area contributed by atoms with Gasteiger partial charge < -0.3 is 15.4 Å². The van der Waals surface area contributed by atoms with E-state index in [0.717, 1.165) is 23.7 Å². The highest BCUT2D eigenvalue weighted by molar-refractivity contribution is 6.14. The number of H-pyrrole nitrogens is 1. The van der Waals surface area contributed by atoms with E-state index in [1.165, 1.54) is 0 Å². The predicted molar refractivity (Wildman–Crippen MR) is 119 cm³/mol. The first kappa shape index (κ1) is 20.7. The summed E-state index contributed by atoms with van der Waals surface area (Å²) in [6, 6.07) is 7.74. The number of rotatable bonds is 7. The summed E-state index contributed by atoms with van der Waals surface area (Å²) in [6.07, 6.45) is 5.80. The highest BCUT2D eigenvalue weighted by Crippen LogP contribution is 2.44. The van der Waals surface area contributed by atoms with E-state index >= 15 is 0 Å². The molecular weight excluding hydrogens is 392 g/mol. The van der Waals surface area contributed by atoms with Crippen molar-refractivity contribution < 1.29 is 9.90 Å². The Kier molecular flexibility index (Phi) is 5.27. The minimum absolute atomic E-state index is 0.0193. The third kappa shape index (κ3) is 4.04. The minimum atomic E-state index is -0.403. The van der Waals surface area contributed by atoms with Gasteiger partial charge in [0, 0.05) is 29.1 Å². The SMILES string of the molecule is CCC(=Nc1cnn(C(C)C)c1)c1c(O)[nH]c2ccc(C(=O)NCC3(C#N)CC3)cc12. The van der Waals surface area contributed by atoms with Crippen LogP contribution in [0.25, 0.3) is 10.9 Å². The summed E-state index contributed by atoms with van der Waals surface area (Å²) in [7, 11) is 0. The first-order valence-electron chi connectivity index (χ1n) is 10.5. The number of aromatic hydroxyl groups is 1. The first-order valence-corrected chi connectivity index (χ1v) is 10.5. The molecule has 1 aliphatic carbocycles. The van der Waals surface area contributed by atoms with Crippen molar-refractivity contribution >= 4 is 28.2 Å². The molecule has 8 nitrogen and oxygen atoms in total. The van der Waals surface area contributed by atoms with Gasteiger partial charge in [-0.05, 0) is 51.3 Å². The van der Waals surface area contributed by atoms with Crippen molar-refractivity contribution in [1.82, 2.24) is 20.1 Å². The van der Waals surface area contributed by atoms with Crippen molar-refractivity contribution in [2.75, 3.05) is 6.54 Å². The smallest absolute Gasteiger partial charge is 0.251 e. The van der Waals surface area contributed by atoms with Crippen LogP contribution in [0.2, 0.25) is 0 Å². The maximum atomic E-state index is 12.7. The number of aliphatic imine (C=N–C) groups is 1. The summed E-state index contributed by atoms with van der Waals surface area (Å²) in [5.74, 6) is -0.214. The summed E-state index contributed by atoms with van der Waals surface area (Å²) >= 11 is 0. The minimum Gasteiger partial charge on any atom is -0.494 e. The molecule has 160 valence electrons. The van der Waals surface area contributed by atoms with Gasteiger partial charge >= 0.3 is 0 Å². The van der Waals surface area contributed by atoms with Crippen molar-refractivity contribution in [2.45, 2.75) is 46.1 Å². The fourth-order valence-electron chi connectivity index (χ4n) is 3.58. The van der Waals surface area contributed by atoms with E-state index in [1.807, 2.05) is 31.6 Å². The van der Waals surface area contributed by atoms with E-state index in [4.69, 9.17) is 4.99 Å². The lowest BCUT2D eigenvalue weighted by atomic mass is 10.0. The largest absolute Gasteiger partial charge is 0.494 e. The molecule has 2 heterocycles. The number of amides is 1. The molecule has 0 unspecified atom stereocenters. The zero-order chi connectivity index (χ0) is 22.2. The van der Waals surface area contributed by atoms with Gasteiger partial charge in [0.25, 0.3) is 5.91 Å². The highest BCUT2D eigenvalue weighted by atomic mass is 16.3. The summed E-state index contributed by atoms with van der Waals surface area (Å²) in [5.41, 5.74) is 2.79. The Balaban J connectivity index is 1.67. The molecule has 2 aromatic heterocycles. The average Bonchev–Trinajstić information content (AvgIpc) is 3.25. The average molecular weight is 419 g/mol. The van der Waals surface area contributed by atoms with Gasteiger partial charge in [-0.15, -0.1) is 0 Å². The normalized spacial score (nSPS) is 15.3. The number of fused-ring (bicyclic) bond motifs is 1. The Hall–Kier alpha value is -3.60. The standard InChI is InChI=1S/C23H26N6O2/c1-4-18(27-16-10-26-29(11-16)14(2)3)20-17-9-15(5-6-19(17)28-22(20)31)21(30)25-13-23(12-24)7-8-23/h5-6,9-11,14,28,31H,4,7-8,13H2,1-3H3,(H,25,30). The topological polar surface area (TPSA) is 119 Å². The van der Waals surface area contributed by atoms with Crippen LogP contribution in [-0.4, -0.2) is 38.0 Å². The van der Waals surface area contributed by atoms with Crippen LogP contribution in [-0.2, 0) is 0 Å². The Morgan fingerprint density at radius 3 is 2.84 bits per heavy atom. The summed E-state index contributed by atoms with van der Waals surface area (Å²) < 4.78 is 1.83. The molecule has 1 aromatic carbocycles. The van der Waals surface area contributed by atoms with Crippen LogP contribution in [0.15, 0.2) is 35.6 Å². The highest BCUT2D eigenvalue weighted by Gasteiger charge is 2.43. The molecule has 0 radical (unpaired) electrons. The number of hydrogen-bond acceptors (Lipinski definition) is 5. The van der Waals surface area contributed by atoms with Crippen LogP contribution in [0.1, 0.15) is 62.0 Å².